The molecule has 1 aromatic carbocycles. The third kappa shape index (κ3) is 1.96. The van der Waals surface area contributed by atoms with Crippen LogP contribution in [-0.4, -0.2) is 9.67 Å². The molecule has 1 N–H and O–H groups in total. The number of aliphatic hydroxyl groups excluding tert-OH is 1. The molecule has 1 unspecified atom stereocenters. The van der Waals surface area contributed by atoms with Crippen LogP contribution in [0.5, 0.6) is 0 Å². The first-order valence-corrected chi connectivity index (χ1v) is 5.21. The number of aromatic nitrogens is 1. The molecule has 0 radical (unpaired) electrons. The minimum Gasteiger partial charge on any atom is -0.382 e. The van der Waals surface area contributed by atoms with Gasteiger partial charge in [0, 0.05) is 13.2 Å². The van der Waals surface area contributed by atoms with Gasteiger partial charge in [-0.2, -0.15) is 0 Å². The van der Waals surface area contributed by atoms with Gasteiger partial charge in [-0.15, -0.1) is 0 Å². The van der Waals surface area contributed by atoms with Crippen LogP contribution in [0.3, 0.4) is 0 Å². The molecule has 0 spiro atoms. The summed E-state index contributed by atoms with van der Waals surface area (Å²) >= 11 is 5.58. The molecule has 0 saturated heterocycles. The highest BCUT2D eigenvalue weighted by Crippen LogP contribution is 2.25. The zero-order valence-corrected chi connectivity index (χ0v) is 9.45. The lowest BCUT2D eigenvalue weighted by molar-refractivity contribution is 0.211. The van der Waals surface area contributed by atoms with Crippen molar-refractivity contribution in [2.75, 3.05) is 0 Å². The van der Waals surface area contributed by atoms with E-state index in [0.717, 1.165) is 0 Å². The Labute approximate surface area is 97.9 Å². The first kappa shape index (κ1) is 11.2. The van der Waals surface area contributed by atoms with Gasteiger partial charge < -0.3 is 9.67 Å². The summed E-state index contributed by atoms with van der Waals surface area (Å²) in [6, 6.07) is 7.92. The van der Waals surface area contributed by atoms with E-state index in [-0.39, 0.29) is 5.02 Å². The van der Waals surface area contributed by atoms with Gasteiger partial charge in [0.05, 0.1) is 10.7 Å². The van der Waals surface area contributed by atoms with Crippen molar-refractivity contribution in [2.45, 2.75) is 6.10 Å². The molecular formula is C12H11ClFNO. The lowest BCUT2D eigenvalue weighted by Crippen LogP contribution is -2.05. The highest BCUT2D eigenvalue weighted by atomic mass is 35.5. The van der Waals surface area contributed by atoms with Gasteiger partial charge in [-0.3, -0.25) is 0 Å². The molecule has 0 aliphatic rings. The van der Waals surface area contributed by atoms with Crippen LogP contribution >= 0.6 is 11.6 Å². The molecule has 0 saturated carbocycles. The van der Waals surface area contributed by atoms with E-state index in [4.69, 9.17) is 11.6 Å². The first-order chi connectivity index (χ1) is 7.59. The minimum atomic E-state index is -0.841. The smallest absolute Gasteiger partial charge is 0.142 e. The van der Waals surface area contributed by atoms with Gasteiger partial charge in [0.1, 0.15) is 11.9 Å². The molecule has 84 valence electrons. The number of rotatable bonds is 2. The predicted octanol–water partition coefficient (Wildman–Crippen LogP) is 2.90. The summed E-state index contributed by atoms with van der Waals surface area (Å²) in [4.78, 5) is 0. The van der Waals surface area contributed by atoms with E-state index < -0.39 is 11.9 Å². The lowest BCUT2D eigenvalue weighted by Gasteiger charge is -2.12. The van der Waals surface area contributed by atoms with E-state index in [0.29, 0.717) is 11.3 Å². The summed E-state index contributed by atoms with van der Waals surface area (Å²) in [5.41, 5.74) is 1.20. The molecule has 0 bridgehead atoms. The Balaban J connectivity index is 2.38. The second kappa shape index (κ2) is 4.28. The predicted molar refractivity (Wildman–Crippen MR) is 60.9 cm³/mol. The molecule has 1 atom stereocenters. The van der Waals surface area contributed by atoms with Gasteiger partial charge in [0.2, 0.25) is 0 Å². The molecule has 2 nitrogen and oxygen atoms in total. The Kier molecular flexibility index (Phi) is 2.99. The second-order valence-electron chi connectivity index (χ2n) is 3.62. The summed E-state index contributed by atoms with van der Waals surface area (Å²) in [5, 5.41) is 10.1. The van der Waals surface area contributed by atoms with Crippen molar-refractivity contribution >= 4 is 11.6 Å². The molecule has 2 aromatic rings. The minimum absolute atomic E-state index is 0.0582. The Morgan fingerprint density at radius 1 is 1.38 bits per heavy atom. The molecule has 16 heavy (non-hydrogen) atoms. The Hall–Kier alpha value is -1.32. The van der Waals surface area contributed by atoms with Crippen LogP contribution in [0.2, 0.25) is 5.02 Å². The average Bonchev–Trinajstić information content (AvgIpc) is 2.67. The van der Waals surface area contributed by atoms with Crippen LogP contribution < -0.4 is 0 Å². The Morgan fingerprint density at radius 3 is 2.69 bits per heavy atom. The first-order valence-electron chi connectivity index (χ1n) is 4.84. The van der Waals surface area contributed by atoms with Crippen LogP contribution in [-0.2, 0) is 7.05 Å². The number of nitrogens with zero attached hydrogens (tertiary/aromatic N) is 1. The summed E-state index contributed by atoms with van der Waals surface area (Å²) in [5.74, 6) is -0.521. The third-order valence-electron chi connectivity index (χ3n) is 2.52. The molecule has 0 aliphatic heterocycles. The SMILES string of the molecule is Cn1cccc1C(O)c1ccc(Cl)c(F)c1. The fourth-order valence-corrected chi connectivity index (χ4v) is 1.73. The average molecular weight is 240 g/mol. The highest BCUT2D eigenvalue weighted by Gasteiger charge is 2.14. The van der Waals surface area contributed by atoms with Crippen molar-refractivity contribution in [3.63, 3.8) is 0 Å². The maximum atomic E-state index is 13.2. The van der Waals surface area contributed by atoms with Crippen molar-refractivity contribution in [3.8, 4) is 0 Å². The Morgan fingerprint density at radius 2 is 2.12 bits per heavy atom. The number of halogens is 2. The van der Waals surface area contributed by atoms with E-state index in [1.165, 1.54) is 12.1 Å². The maximum Gasteiger partial charge on any atom is 0.142 e. The largest absolute Gasteiger partial charge is 0.382 e. The van der Waals surface area contributed by atoms with Crippen molar-refractivity contribution in [3.05, 3.63) is 58.6 Å². The maximum absolute atomic E-state index is 13.2. The molecule has 2 rings (SSSR count). The zero-order valence-electron chi connectivity index (χ0n) is 8.69. The Bertz CT molecular complexity index is 509. The van der Waals surface area contributed by atoms with Gasteiger partial charge in [0.25, 0.3) is 0 Å². The van der Waals surface area contributed by atoms with Crippen LogP contribution in [0.25, 0.3) is 0 Å². The third-order valence-corrected chi connectivity index (χ3v) is 2.83. The number of aliphatic hydroxyl groups is 1. The van der Waals surface area contributed by atoms with E-state index in [1.54, 1.807) is 16.7 Å². The monoisotopic (exact) mass is 239 g/mol. The van der Waals surface area contributed by atoms with Crippen molar-refractivity contribution in [1.82, 2.24) is 4.57 Å². The standard InChI is InChI=1S/C12H11ClFNO/c1-15-6-2-3-11(15)12(16)8-4-5-9(13)10(14)7-8/h2-7,12,16H,1H3. The molecule has 0 amide bonds. The van der Waals surface area contributed by atoms with E-state index in [2.05, 4.69) is 0 Å². The van der Waals surface area contributed by atoms with Crippen molar-refractivity contribution in [1.29, 1.82) is 0 Å². The second-order valence-corrected chi connectivity index (χ2v) is 4.03. The molecular weight excluding hydrogens is 229 g/mol. The molecule has 0 aliphatic carbocycles. The van der Waals surface area contributed by atoms with Gasteiger partial charge >= 0.3 is 0 Å². The summed E-state index contributed by atoms with van der Waals surface area (Å²) in [6.07, 6.45) is 0.983. The van der Waals surface area contributed by atoms with Crippen molar-refractivity contribution in [2.24, 2.45) is 7.05 Å². The van der Waals surface area contributed by atoms with E-state index >= 15 is 0 Å². The zero-order chi connectivity index (χ0) is 11.7. The fourth-order valence-electron chi connectivity index (χ4n) is 1.61. The quantitative estimate of drug-likeness (QED) is 0.857. The van der Waals surface area contributed by atoms with Crippen molar-refractivity contribution < 1.29 is 9.50 Å². The summed E-state index contributed by atoms with van der Waals surface area (Å²) < 4.78 is 15.0. The van der Waals surface area contributed by atoms with Gasteiger partial charge in [-0.1, -0.05) is 17.7 Å². The van der Waals surface area contributed by atoms with Crippen LogP contribution in [0.1, 0.15) is 17.4 Å². The molecule has 1 aromatic heterocycles. The van der Waals surface area contributed by atoms with Crippen LogP contribution in [0.15, 0.2) is 36.5 Å². The topological polar surface area (TPSA) is 25.2 Å². The number of aryl methyl sites for hydroxylation is 1. The highest BCUT2D eigenvalue weighted by molar-refractivity contribution is 6.30. The number of benzene rings is 1. The number of hydrogen-bond acceptors (Lipinski definition) is 1. The van der Waals surface area contributed by atoms with Gasteiger partial charge in [-0.25, -0.2) is 4.39 Å². The fraction of sp³-hybridized carbons (Fsp3) is 0.167. The van der Waals surface area contributed by atoms with Gasteiger partial charge in [-0.05, 0) is 29.8 Å². The van der Waals surface area contributed by atoms with Crippen LogP contribution in [0, 0.1) is 5.82 Å². The molecule has 4 heteroatoms. The molecule has 1 heterocycles. The number of hydrogen-bond donors (Lipinski definition) is 1. The lowest BCUT2D eigenvalue weighted by atomic mass is 10.1. The van der Waals surface area contributed by atoms with E-state index in [9.17, 15) is 9.50 Å². The summed E-state index contributed by atoms with van der Waals surface area (Å²) in [7, 11) is 1.82. The summed E-state index contributed by atoms with van der Waals surface area (Å²) in [6.45, 7) is 0. The van der Waals surface area contributed by atoms with Gasteiger partial charge in [0.15, 0.2) is 0 Å². The van der Waals surface area contributed by atoms with E-state index in [1.807, 2.05) is 19.3 Å². The van der Waals surface area contributed by atoms with Crippen LogP contribution in [0.4, 0.5) is 4.39 Å². The normalized spacial score (nSPS) is 12.8. The molecule has 0 fully saturated rings.